The van der Waals surface area contributed by atoms with E-state index >= 15 is 0 Å². The van der Waals surface area contributed by atoms with Crippen molar-refractivity contribution in [2.75, 3.05) is 0 Å². The van der Waals surface area contributed by atoms with Gasteiger partial charge in [0.05, 0.1) is 0 Å². The summed E-state index contributed by atoms with van der Waals surface area (Å²) in [5.41, 5.74) is 4.28. The molecule has 0 fully saturated rings. The predicted octanol–water partition coefficient (Wildman–Crippen LogP) is 5.49. The Morgan fingerprint density at radius 2 is 1.94 bits per heavy atom. The molecule has 0 radical (unpaired) electrons. The lowest BCUT2D eigenvalue weighted by Crippen LogP contribution is -2.01. The lowest BCUT2D eigenvalue weighted by molar-refractivity contribution is 0.612. The van der Waals surface area contributed by atoms with Gasteiger partial charge in [-0.3, -0.25) is 0 Å². The number of benzene rings is 1. The van der Waals surface area contributed by atoms with Crippen LogP contribution < -0.4 is 0 Å². The molecule has 1 atom stereocenters. The maximum absolute atomic E-state index is 2.30. The zero-order valence-electron chi connectivity index (χ0n) is 11.4. The van der Waals surface area contributed by atoms with E-state index in [1.165, 1.54) is 29.5 Å². The van der Waals surface area contributed by atoms with E-state index in [1.807, 2.05) is 0 Å². The van der Waals surface area contributed by atoms with Gasteiger partial charge in [0, 0.05) is 0 Å². The average molecular weight is 238 g/mol. The molecule has 0 spiro atoms. The Hall–Kier alpha value is -1.56. The molecular weight excluding hydrogens is 216 g/mol. The van der Waals surface area contributed by atoms with Crippen LogP contribution in [0, 0.1) is 0 Å². The van der Waals surface area contributed by atoms with Crippen molar-refractivity contribution in [3.8, 4) is 0 Å². The minimum Gasteiger partial charge on any atom is -0.0845 e. The van der Waals surface area contributed by atoms with Crippen LogP contribution in [0.5, 0.6) is 0 Å². The van der Waals surface area contributed by atoms with E-state index in [4.69, 9.17) is 0 Å². The fourth-order valence-electron chi connectivity index (χ4n) is 2.62. The highest BCUT2D eigenvalue weighted by atomic mass is 14.2. The molecule has 0 aliphatic heterocycles. The first-order chi connectivity index (χ1) is 8.83. The third-order valence-electron chi connectivity index (χ3n) is 3.70. The summed E-state index contributed by atoms with van der Waals surface area (Å²) >= 11 is 0. The fourth-order valence-corrected chi connectivity index (χ4v) is 2.62. The van der Waals surface area contributed by atoms with Gasteiger partial charge in [-0.25, -0.2) is 0 Å². The number of hydrogen-bond donors (Lipinski definition) is 0. The molecule has 1 aliphatic carbocycles. The summed E-state index contributed by atoms with van der Waals surface area (Å²) in [6.07, 6.45) is 14.5. The van der Waals surface area contributed by atoms with Crippen molar-refractivity contribution >= 4 is 5.57 Å². The highest BCUT2D eigenvalue weighted by Gasteiger charge is 2.13. The van der Waals surface area contributed by atoms with Crippen LogP contribution in [0.25, 0.3) is 5.57 Å². The van der Waals surface area contributed by atoms with E-state index in [1.54, 1.807) is 0 Å². The van der Waals surface area contributed by atoms with Crippen LogP contribution >= 0.6 is 0 Å². The molecule has 18 heavy (non-hydrogen) atoms. The Kier molecular flexibility index (Phi) is 4.58. The maximum atomic E-state index is 2.30. The van der Waals surface area contributed by atoms with Crippen LogP contribution in [0.2, 0.25) is 0 Å². The molecule has 0 bridgehead atoms. The van der Waals surface area contributed by atoms with Gasteiger partial charge >= 0.3 is 0 Å². The molecule has 0 nitrogen and oxygen atoms in total. The topological polar surface area (TPSA) is 0 Å². The third kappa shape index (κ3) is 3.01. The zero-order valence-corrected chi connectivity index (χ0v) is 11.4. The highest BCUT2D eigenvalue weighted by Crippen LogP contribution is 2.31. The van der Waals surface area contributed by atoms with Crippen LogP contribution in [0.15, 0.2) is 54.6 Å². The molecular formula is C18H22. The van der Waals surface area contributed by atoms with E-state index in [9.17, 15) is 0 Å². The van der Waals surface area contributed by atoms with Crippen molar-refractivity contribution in [3.05, 3.63) is 65.8 Å². The summed E-state index contributed by atoms with van der Waals surface area (Å²) in [6.45, 7) is 4.50. The Morgan fingerprint density at radius 3 is 2.78 bits per heavy atom. The summed E-state index contributed by atoms with van der Waals surface area (Å²) in [6, 6.07) is 8.86. The summed E-state index contributed by atoms with van der Waals surface area (Å²) in [5, 5.41) is 0. The Morgan fingerprint density at radius 1 is 1.11 bits per heavy atom. The van der Waals surface area contributed by atoms with Gasteiger partial charge in [0.2, 0.25) is 0 Å². The quantitative estimate of drug-likeness (QED) is 0.607. The molecule has 0 aromatic heterocycles. The Bertz CT molecular complexity index is 475. The third-order valence-corrected chi connectivity index (χ3v) is 3.70. The van der Waals surface area contributed by atoms with Gasteiger partial charge in [-0.05, 0) is 48.8 Å². The van der Waals surface area contributed by atoms with E-state index < -0.39 is 0 Å². The van der Waals surface area contributed by atoms with Gasteiger partial charge in [-0.2, -0.15) is 0 Å². The first-order valence-corrected chi connectivity index (χ1v) is 6.92. The molecule has 0 saturated carbocycles. The zero-order chi connectivity index (χ0) is 12.8. The average Bonchev–Trinajstić information content (AvgIpc) is 2.44. The molecule has 0 heterocycles. The molecule has 2 rings (SSSR count). The van der Waals surface area contributed by atoms with E-state index in [0.29, 0.717) is 5.92 Å². The highest BCUT2D eigenvalue weighted by molar-refractivity contribution is 5.68. The normalized spacial score (nSPS) is 26.3. The van der Waals surface area contributed by atoms with Crippen LogP contribution in [-0.4, -0.2) is 0 Å². The van der Waals surface area contributed by atoms with Crippen molar-refractivity contribution in [2.45, 2.75) is 39.0 Å². The molecule has 1 unspecified atom stereocenters. The summed E-state index contributed by atoms with van der Waals surface area (Å²) in [7, 11) is 0. The summed E-state index contributed by atoms with van der Waals surface area (Å²) in [4.78, 5) is 0. The van der Waals surface area contributed by atoms with Crippen LogP contribution in [0.4, 0.5) is 0 Å². The maximum Gasteiger partial charge on any atom is -0.0156 e. The van der Waals surface area contributed by atoms with Crippen molar-refractivity contribution < 1.29 is 0 Å². The first-order valence-electron chi connectivity index (χ1n) is 6.92. The summed E-state index contributed by atoms with van der Waals surface area (Å²) in [5.74, 6) is 0.673. The van der Waals surface area contributed by atoms with Gasteiger partial charge < -0.3 is 0 Å². The Labute approximate surface area is 111 Å². The Balaban J connectivity index is 2.46. The second-order valence-corrected chi connectivity index (χ2v) is 4.93. The fraction of sp³-hybridized carbons (Fsp3) is 0.333. The number of allylic oxidation sites excluding steroid dienone is 6. The van der Waals surface area contributed by atoms with Crippen molar-refractivity contribution in [3.63, 3.8) is 0 Å². The number of rotatable bonds is 1. The van der Waals surface area contributed by atoms with E-state index in [-0.39, 0.29) is 0 Å². The predicted molar refractivity (Wildman–Crippen MR) is 80.6 cm³/mol. The molecule has 0 saturated heterocycles. The lowest BCUT2D eigenvalue weighted by atomic mass is 9.86. The van der Waals surface area contributed by atoms with Crippen molar-refractivity contribution in [2.24, 2.45) is 0 Å². The van der Waals surface area contributed by atoms with Gasteiger partial charge in [0.15, 0.2) is 0 Å². The van der Waals surface area contributed by atoms with E-state index in [2.05, 4.69) is 68.5 Å². The molecule has 1 aromatic carbocycles. The smallest absolute Gasteiger partial charge is 0.0156 e. The molecule has 0 heteroatoms. The molecule has 0 N–H and O–H groups in total. The molecule has 94 valence electrons. The van der Waals surface area contributed by atoms with E-state index in [0.717, 1.165) is 6.42 Å². The minimum absolute atomic E-state index is 0.673. The molecule has 1 aliphatic rings. The van der Waals surface area contributed by atoms with Gasteiger partial charge in [0.1, 0.15) is 0 Å². The van der Waals surface area contributed by atoms with Crippen molar-refractivity contribution in [1.82, 2.24) is 0 Å². The number of hydrogen-bond acceptors (Lipinski definition) is 0. The molecule has 0 amide bonds. The minimum atomic E-state index is 0.673. The summed E-state index contributed by atoms with van der Waals surface area (Å²) < 4.78 is 0. The number of fused-ring (bicyclic) bond motifs is 1. The standard InChI is InChI=1S/C18H22/c1-3-16-12-8-6-4-5-7-11-15(2)17-13-9-10-14-18(16)17/h4-7,9-11,13-14,16H,3,8,12H2,1-2H3/b6-4+,7-5-,15-11+. The van der Waals surface area contributed by atoms with Crippen LogP contribution in [0.3, 0.4) is 0 Å². The monoisotopic (exact) mass is 238 g/mol. The van der Waals surface area contributed by atoms with Gasteiger partial charge in [0.25, 0.3) is 0 Å². The van der Waals surface area contributed by atoms with Crippen molar-refractivity contribution in [1.29, 1.82) is 0 Å². The second kappa shape index (κ2) is 6.39. The SMILES string of the molecule is CCC1CC/C=C/C=C\C=C(/C)c2ccccc21. The van der Waals surface area contributed by atoms with Gasteiger partial charge in [-0.1, -0.05) is 61.6 Å². The largest absolute Gasteiger partial charge is 0.0845 e. The van der Waals surface area contributed by atoms with Gasteiger partial charge in [-0.15, -0.1) is 0 Å². The lowest BCUT2D eigenvalue weighted by Gasteiger charge is -2.19. The van der Waals surface area contributed by atoms with Crippen LogP contribution in [-0.2, 0) is 0 Å². The van der Waals surface area contributed by atoms with Crippen LogP contribution in [0.1, 0.15) is 50.2 Å². The second-order valence-electron chi connectivity index (χ2n) is 4.93. The first kappa shape index (κ1) is 12.9. The molecule has 1 aromatic rings.